The highest BCUT2D eigenvalue weighted by Crippen LogP contribution is 2.14. The van der Waals surface area contributed by atoms with Crippen molar-refractivity contribution in [1.82, 2.24) is 19.8 Å². The Labute approximate surface area is 155 Å². The third-order valence-electron chi connectivity index (χ3n) is 4.64. The van der Waals surface area contributed by atoms with Gasteiger partial charge in [-0.3, -0.25) is 14.5 Å². The standard InChI is InChI=1S/C19H20N4O2S/c24-18-17(20-15-6-1-2-7-16(15)21-18)19(25)23-9-4-8-22(10-11-23)13-14-5-3-12-26-14/h1-3,5-7,12H,4,8-11,13H2,(H,21,24). The summed E-state index contributed by atoms with van der Waals surface area (Å²) < 4.78 is 0. The highest BCUT2D eigenvalue weighted by atomic mass is 32.1. The molecule has 0 radical (unpaired) electrons. The summed E-state index contributed by atoms with van der Waals surface area (Å²) in [4.78, 5) is 37.7. The van der Waals surface area contributed by atoms with Gasteiger partial charge in [0.15, 0.2) is 5.69 Å². The first kappa shape index (κ1) is 16.9. The minimum absolute atomic E-state index is 0.0181. The molecule has 1 saturated heterocycles. The number of fused-ring (bicyclic) bond motifs is 1. The summed E-state index contributed by atoms with van der Waals surface area (Å²) in [6.45, 7) is 3.92. The molecule has 1 amide bonds. The van der Waals surface area contributed by atoms with Crippen LogP contribution in [0.25, 0.3) is 11.0 Å². The molecule has 3 heterocycles. The second-order valence-corrected chi connectivity index (χ2v) is 7.47. The summed E-state index contributed by atoms with van der Waals surface area (Å²) in [6.07, 6.45) is 0.891. The zero-order valence-electron chi connectivity index (χ0n) is 14.4. The lowest BCUT2D eigenvalue weighted by molar-refractivity contribution is 0.0753. The number of hydrogen-bond donors (Lipinski definition) is 1. The van der Waals surface area contributed by atoms with E-state index in [1.807, 2.05) is 12.1 Å². The second kappa shape index (κ2) is 7.39. The van der Waals surface area contributed by atoms with Gasteiger partial charge < -0.3 is 9.88 Å². The van der Waals surface area contributed by atoms with Crippen molar-refractivity contribution in [3.63, 3.8) is 0 Å². The predicted octanol–water partition coefficient (Wildman–Crippen LogP) is 2.33. The van der Waals surface area contributed by atoms with E-state index >= 15 is 0 Å². The Morgan fingerprint density at radius 1 is 1.12 bits per heavy atom. The maximum Gasteiger partial charge on any atom is 0.280 e. The van der Waals surface area contributed by atoms with E-state index in [9.17, 15) is 9.59 Å². The van der Waals surface area contributed by atoms with Gasteiger partial charge in [-0.15, -0.1) is 11.3 Å². The molecule has 0 bridgehead atoms. The zero-order valence-corrected chi connectivity index (χ0v) is 15.2. The average Bonchev–Trinajstić information content (AvgIpc) is 3.05. The van der Waals surface area contributed by atoms with Crippen LogP contribution in [0.1, 0.15) is 21.8 Å². The summed E-state index contributed by atoms with van der Waals surface area (Å²) in [7, 11) is 0. The van der Waals surface area contributed by atoms with Crippen LogP contribution in [-0.2, 0) is 6.54 Å². The highest BCUT2D eigenvalue weighted by Gasteiger charge is 2.24. The third-order valence-corrected chi connectivity index (χ3v) is 5.50. The van der Waals surface area contributed by atoms with Crippen LogP contribution in [0.2, 0.25) is 0 Å². The molecule has 2 aromatic heterocycles. The van der Waals surface area contributed by atoms with Gasteiger partial charge in [-0.05, 0) is 30.0 Å². The number of aromatic nitrogens is 2. The first-order valence-electron chi connectivity index (χ1n) is 8.74. The van der Waals surface area contributed by atoms with Crippen LogP contribution in [0.5, 0.6) is 0 Å². The van der Waals surface area contributed by atoms with Gasteiger partial charge in [-0.25, -0.2) is 4.98 Å². The van der Waals surface area contributed by atoms with Crippen molar-refractivity contribution in [3.8, 4) is 0 Å². The quantitative estimate of drug-likeness (QED) is 0.770. The molecule has 0 spiro atoms. The maximum atomic E-state index is 12.9. The average molecular weight is 368 g/mol. The lowest BCUT2D eigenvalue weighted by atomic mass is 10.2. The molecule has 1 aromatic carbocycles. The van der Waals surface area contributed by atoms with Crippen LogP contribution in [-0.4, -0.2) is 51.9 Å². The van der Waals surface area contributed by atoms with Gasteiger partial charge in [-0.1, -0.05) is 18.2 Å². The summed E-state index contributed by atoms with van der Waals surface area (Å²) in [6, 6.07) is 11.5. The molecule has 26 heavy (non-hydrogen) atoms. The Hall–Kier alpha value is -2.51. The summed E-state index contributed by atoms with van der Waals surface area (Å²) in [5.41, 5.74) is 0.834. The molecule has 3 aromatic rings. The number of H-pyrrole nitrogens is 1. The maximum absolute atomic E-state index is 12.9. The molecule has 0 unspecified atom stereocenters. The van der Waals surface area contributed by atoms with Gasteiger partial charge in [-0.2, -0.15) is 0 Å². The van der Waals surface area contributed by atoms with Crippen LogP contribution in [0.4, 0.5) is 0 Å². The van der Waals surface area contributed by atoms with E-state index in [4.69, 9.17) is 0 Å². The van der Waals surface area contributed by atoms with Crippen molar-refractivity contribution < 1.29 is 4.79 Å². The number of hydrogen-bond acceptors (Lipinski definition) is 5. The molecule has 1 fully saturated rings. The van der Waals surface area contributed by atoms with E-state index in [-0.39, 0.29) is 11.6 Å². The molecule has 4 rings (SSSR count). The lowest BCUT2D eigenvalue weighted by Gasteiger charge is -2.21. The smallest absolute Gasteiger partial charge is 0.280 e. The molecular weight excluding hydrogens is 348 g/mol. The summed E-state index contributed by atoms with van der Waals surface area (Å²) >= 11 is 1.75. The monoisotopic (exact) mass is 368 g/mol. The zero-order chi connectivity index (χ0) is 17.9. The number of carbonyl (C=O) groups excluding carboxylic acids is 1. The van der Waals surface area contributed by atoms with Crippen molar-refractivity contribution in [3.05, 3.63) is 62.7 Å². The lowest BCUT2D eigenvalue weighted by Crippen LogP contribution is -2.38. The molecule has 7 heteroatoms. The molecule has 6 nitrogen and oxygen atoms in total. The fourth-order valence-corrected chi connectivity index (χ4v) is 4.03. The first-order chi connectivity index (χ1) is 12.7. The van der Waals surface area contributed by atoms with Gasteiger partial charge in [0.25, 0.3) is 11.5 Å². The van der Waals surface area contributed by atoms with Crippen molar-refractivity contribution >= 4 is 28.3 Å². The minimum Gasteiger partial charge on any atom is -0.336 e. The summed E-state index contributed by atoms with van der Waals surface area (Å²) in [5.74, 6) is -0.282. The number of aromatic amines is 1. The van der Waals surface area contributed by atoms with E-state index in [1.54, 1.807) is 28.4 Å². The van der Waals surface area contributed by atoms with E-state index in [1.165, 1.54) is 4.88 Å². The van der Waals surface area contributed by atoms with E-state index < -0.39 is 5.56 Å². The number of thiophene rings is 1. The van der Waals surface area contributed by atoms with Gasteiger partial charge in [0.05, 0.1) is 11.0 Å². The molecule has 0 atom stereocenters. The number of nitrogens with one attached hydrogen (secondary N) is 1. The van der Waals surface area contributed by atoms with Crippen LogP contribution in [0.3, 0.4) is 0 Å². The molecular formula is C19H20N4O2S. The molecule has 1 aliphatic rings. The molecule has 0 aliphatic carbocycles. The Balaban J connectivity index is 1.50. The SMILES string of the molecule is O=C(c1nc2ccccc2[nH]c1=O)N1CCCN(Cc2cccs2)CC1. The molecule has 0 saturated carbocycles. The van der Waals surface area contributed by atoms with Crippen LogP contribution >= 0.6 is 11.3 Å². The first-order valence-corrected chi connectivity index (χ1v) is 9.62. The number of para-hydroxylation sites is 2. The van der Waals surface area contributed by atoms with Gasteiger partial charge in [0.2, 0.25) is 0 Å². The third kappa shape index (κ3) is 3.54. The predicted molar refractivity (Wildman–Crippen MR) is 102 cm³/mol. The van der Waals surface area contributed by atoms with Crippen molar-refractivity contribution in [1.29, 1.82) is 0 Å². The fraction of sp³-hybridized carbons (Fsp3) is 0.316. The van der Waals surface area contributed by atoms with Crippen LogP contribution in [0.15, 0.2) is 46.6 Å². The number of carbonyl (C=O) groups is 1. The highest BCUT2D eigenvalue weighted by molar-refractivity contribution is 7.09. The van der Waals surface area contributed by atoms with E-state index in [0.717, 1.165) is 26.1 Å². The summed E-state index contributed by atoms with van der Waals surface area (Å²) in [5, 5.41) is 2.08. The fourth-order valence-electron chi connectivity index (χ4n) is 3.28. The van der Waals surface area contributed by atoms with Crippen LogP contribution in [0, 0.1) is 0 Å². The number of nitrogens with zero attached hydrogens (tertiary/aromatic N) is 3. The number of amides is 1. The van der Waals surface area contributed by atoms with Gasteiger partial charge in [0.1, 0.15) is 0 Å². The Bertz CT molecular complexity index is 967. The topological polar surface area (TPSA) is 69.3 Å². The van der Waals surface area contributed by atoms with Crippen LogP contribution < -0.4 is 5.56 Å². The Kier molecular flexibility index (Phi) is 4.81. The molecule has 1 aliphatic heterocycles. The number of rotatable bonds is 3. The van der Waals surface area contributed by atoms with E-state index in [2.05, 4.69) is 32.4 Å². The normalized spacial score (nSPS) is 15.9. The van der Waals surface area contributed by atoms with Crippen molar-refractivity contribution in [2.45, 2.75) is 13.0 Å². The van der Waals surface area contributed by atoms with Crippen molar-refractivity contribution in [2.24, 2.45) is 0 Å². The van der Waals surface area contributed by atoms with Gasteiger partial charge in [0, 0.05) is 37.6 Å². The minimum atomic E-state index is -0.423. The molecule has 1 N–H and O–H groups in total. The second-order valence-electron chi connectivity index (χ2n) is 6.43. The number of benzene rings is 1. The molecule has 134 valence electrons. The van der Waals surface area contributed by atoms with E-state index in [0.29, 0.717) is 24.1 Å². The van der Waals surface area contributed by atoms with Crippen molar-refractivity contribution in [2.75, 3.05) is 26.2 Å². The largest absolute Gasteiger partial charge is 0.336 e. The Morgan fingerprint density at radius 2 is 2.00 bits per heavy atom. The van der Waals surface area contributed by atoms with Gasteiger partial charge >= 0.3 is 0 Å². The Morgan fingerprint density at radius 3 is 2.85 bits per heavy atom.